The van der Waals surface area contributed by atoms with E-state index in [-0.39, 0.29) is 5.60 Å². The van der Waals surface area contributed by atoms with Gasteiger partial charge in [0, 0.05) is 13.1 Å². The zero-order valence-electron chi connectivity index (χ0n) is 6.96. The van der Waals surface area contributed by atoms with E-state index in [9.17, 15) is 0 Å². The van der Waals surface area contributed by atoms with Gasteiger partial charge < -0.3 is 15.4 Å². The van der Waals surface area contributed by atoms with Crippen molar-refractivity contribution in [1.29, 1.82) is 0 Å². The zero-order valence-corrected chi connectivity index (χ0v) is 7.78. The van der Waals surface area contributed by atoms with E-state index in [0.717, 1.165) is 13.1 Å². The second kappa shape index (κ2) is 2.95. The fraction of sp³-hybridized carbons (Fsp3) is 0.857. The van der Waals surface area contributed by atoms with Gasteiger partial charge in [0.25, 0.3) is 0 Å². The van der Waals surface area contributed by atoms with Crippen LogP contribution in [0.1, 0.15) is 13.8 Å². The first kappa shape index (κ1) is 8.74. The summed E-state index contributed by atoms with van der Waals surface area (Å²) in [5.41, 5.74) is 5.38. The van der Waals surface area contributed by atoms with Crippen LogP contribution < -0.4 is 5.73 Å². The minimum absolute atomic E-state index is 0.109. The van der Waals surface area contributed by atoms with Crippen LogP contribution in [0.25, 0.3) is 0 Å². The van der Waals surface area contributed by atoms with E-state index in [2.05, 4.69) is 0 Å². The third-order valence-corrected chi connectivity index (χ3v) is 2.00. The summed E-state index contributed by atoms with van der Waals surface area (Å²) in [6.45, 7) is 6.40. The molecule has 3 nitrogen and oxygen atoms in total. The van der Waals surface area contributed by atoms with Gasteiger partial charge in [0.2, 0.25) is 0 Å². The monoisotopic (exact) mass is 174 g/mol. The Morgan fingerprint density at radius 2 is 2.27 bits per heavy atom. The van der Waals surface area contributed by atoms with Gasteiger partial charge in [0.15, 0.2) is 5.11 Å². The normalized spacial score (nSPS) is 23.3. The standard InChI is InChI=1S/C7H14N2OS/c1-7(2)5-9(6(8)11)3-4-10-7/h3-5H2,1-2H3,(H2,8,11). The summed E-state index contributed by atoms with van der Waals surface area (Å²) >= 11 is 4.87. The molecule has 1 fully saturated rings. The zero-order chi connectivity index (χ0) is 8.48. The first-order chi connectivity index (χ1) is 5.01. The molecule has 1 aliphatic heterocycles. The third-order valence-electron chi connectivity index (χ3n) is 1.74. The predicted octanol–water partition coefficient (Wildman–Crippen LogP) is 0.341. The first-order valence-electron chi connectivity index (χ1n) is 3.70. The maximum absolute atomic E-state index is 5.49. The average Bonchev–Trinajstić information content (AvgIpc) is 1.85. The van der Waals surface area contributed by atoms with Crippen LogP contribution in [0.15, 0.2) is 0 Å². The first-order valence-corrected chi connectivity index (χ1v) is 4.10. The highest BCUT2D eigenvalue weighted by atomic mass is 32.1. The molecule has 0 saturated carbocycles. The number of nitrogens with two attached hydrogens (primary N) is 1. The molecule has 11 heavy (non-hydrogen) atoms. The van der Waals surface area contributed by atoms with Gasteiger partial charge in [0.1, 0.15) is 0 Å². The Hall–Kier alpha value is -0.350. The highest BCUT2D eigenvalue weighted by Crippen LogP contribution is 2.15. The second-order valence-corrected chi connectivity index (χ2v) is 3.79. The molecule has 2 N–H and O–H groups in total. The SMILES string of the molecule is CC1(C)CN(C(N)=S)CCO1. The molecule has 0 unspecified atom stereocenters. The Morgan fingerprint density at radius 3 is 2.64 bits per heavy atom. The summed E-state index contributed by atoms with van der Waals surface area (Å²) in [5.74, 6) is 0. The lowest BCUT2D eigenvalue weighted by atomic mass is 10.1. The minimum Gasteiger partial charge on any atom is -0.376 e. The molecule has 0 radical (unpaired) electrons. The summed E-state index contributed by atoms with van der Waals surface area (Å²) < 4.78 is 5.49. The Bertz CT molecular complexity index is 170. The molecule has 1 heterocycles. The quantitative estimate of drug-likeness (QED) is 0.537. The summed E-state index contributed by atoms with van der Waals surface area (Å²) in [6, 6.07) is 0. The van der Waals surface area contributed by atoms with Gasteiger partial charge in [-0.25, -0.2) is 0 Å². The fourth-order valence-electron chi connectivity index (χ4n) is 1.20. The van der Waals surface area contributed by atoms with Crippen molar-refractivity contribution < 1.29 is 4.74 Å². The van der Waals surface area contributed by atoms with Crippen molar-refractivity contribution in [2.24, 2.45) is 5.73 Å². The molecule has 64 valence electrons. The molecule has 0 atom stereocenters. The predicted molar refractivity (Wildman–Crippen MR) is 48.4 cm³/mol. The molecule has 0 amide bonds. The van der Waals surface area contributed by atoms with E-state index in [0.29, 0.717) is 11.7 Å². The lowest BCUT2D eigenvalue weighted by molar-refractivity contribution is -0.0674. The molecule has 0 bridgehead atoms. The van der Waals surface area contributed by atoms with Crippen LogP contribution in [0, 0.1) is 0 Å². The number of thiocarbonyl (C=S) groups is 1. The van der Waals surface area contributed by atoms with Crippen LogP contribution >= 0.6 is 12.2 Å². The van der Waals surface area contributed by atoms with Gasteiger partial charge in [-0.1, -0.05) is 0 Å². The molecular formula is C7H14N2OS. The fourth-order valence-corrected chi connectivity index (χ4v) is 1.36. The van der Waals surface area contributed by atoms with Crippen LogP contribution in [0.3, 0.4) is 0 Å². The van der Waals surface area contributed by atoms with Crippen molar-refractivity contribution in [2.75, 3.05) is 19.7 Å². The smallest absolute Gasteiger partial charge is 0.166 e. The lowest BCUT2D eigenvalue weighted by Crippen LogP contribution is -2.52. The van der Waals surface area contributed by atoms with Crippen LogP contribution in [-0.2, 0) is 4.74 Å². The van der Waals surface area contributed by atoms with Crippen molar-refractivity contribution >= 4 is 17.3 Å². The van der Waals surface area contributed by atoms with Crippen molar-refractivity contribution in [3.8, 4) is 0 Å². The number of ether oxygens (including phenoxy) is 1. The van der Waals surface area contributed by atoms with Gasteiger partial charge in [-0.3, -0.25) is 0 Å². The third kappa shape index (κ3) is 2.31. The molecular weight excluding hydrogens is 160 g/mol. The number of hydrogen-bond donors (Lipinski definition) is 1. The minimum atomic E-state index is -0.109. The molecule has 1 rings (SSSR count). The van der Waals surface area contributed by atoms with Crippen molar-refractivity contribution in [3.63, 3.8) is 0 Å². The maximum atomic E-state index is 5.49. The number of morpholine rings is 1. The summed E-state index contributed by atoms with van der Waals surface area (Å²) in [5, 5.41) is 0.473. The highest BCUT2D eigenvalue weighted by molar-refractivity contribution is 7.80. The second-order valence-electron chi connectivity index (χ2n) is 3.37. The molecule has 1 aliphatic rings. The number of hydrogen-bond acceptors (Lipinski definition) is 2. The average molecular weight is 174 g/mol. The maximum Gasteiger partial charge on any atom is 0.166 e. The molecule has 0 spiro atoms. The van der Waals surface area contributed by atoms with Gasteiger partial charge in [0.05, 0.1) is 12.2 Å². The lowest BCUT2D eigenvalue weighted by Gasteiger charge is -2.38. The van der Waals surface area contributed by atoms with Gasteiger partial charge in [-0.15, -0.1) is 0 Å². The van der Waals surface area contributed by atoms with E-state index < -0.39 is 0 Å². The highest BCUT2D eigenvalue weighted by Gasteiger charge is 2.27. The van der Waals surface area contributed by atoms with Gasteiger partial charge in [-0.2, -0.15) is 0 Å². The molecule has 0 aromatic heterocycles. The Kier molecular flexibility index (Phi) is 2.34. The summed E-state index contributed by atoms with van der Waals surface area (Å²) in [6.07, 6.45) is 0. The Morgan fingerprint density at radius 1 is 1.64 bits per heavy atom. The van der Waals surface area contributed by atoms with Gasteiger partial charge >= 0.3 is 0 Å². The topological polar surface area (TPSA) is 38.5 Å². The van der Waals surface area contributed by atoms with Crippen LogP contribution in [0.4, 0.5) is 0 Å². The molecule has 0 aromatic carbocycles. The van der Waals surface area contributed by atoms with Crippen molar-refractivity contribution in [2.45, 2.75) is 19.4 Å². The molecule has 4 heteroatoms. The van der Waals surface area contributed by atoms with E-state index >= 15 is 0 Å². The summed E-state index contributed by atoms with van der Waals surface area (Å²) in [4.78, 5) is 1.97. The molecule has 0 aromatic rings. The van der Waals surface area contributed by atoms with E-state index in [1.165, 1.54) is 0 Å². The van der Waals surface area contributed by atoms with E-state index in [1.54, 1.807) is 0 Å². The summed E-state index contributed by atoms with van der Waals surface area (Å²) in [7, 11) is 0. The largest absolute Gasteiger partial charge is 0.376 e. The van der Waals surface area contributed by atoms with Crippen molar-refractivity contribution in [3.05, 3.63) is 0 Å². The van der Waals surface area contributed by atoms with Crippen LogP contribution in [0.5, 0.6) is 0 Å². The Labute approximate surface area is 72.5 Å². The number of rotatable bonds is 0. The van der Waals surface area contributed by atoms with E-state index in [4.69, 9.17) is 22.7 Å². The number of nitrogens with zero attached hydrogens (tertiary/aromatic N) is 1. The van der Waals surface area contributed by atoms with E-state index in [1.807, 2.05) is 18.7 Å². The van der Waals surface area contributed by atoms with Crippen molar-refractivity contribution in [1.82, 2.24) is 4.90 Å². The van der Waals surface area contributed by atoms with Crippen LogP contribution in [-0.4, -0.2) is 35.3 Å². The van der Waals surface area contributed by atoms with Crippen LogP contribution in [0.2, 0.25) is 0 Å². The van der Waals surface area contributed by atoms with Gasteiger partial charge in [-0.05, 0) is 26.1 Å². The molecule has 1 saturated heterocycles. The molecule has 0 aliphatic carbocycles. The Balaban J connectivity index is 2.53.